The number of phenolic OH excluding ortho intramolecular Hbond substituents is 1. The number of hydrogen-bond acceptors (Lipinski definition) is 2. The topological polar surface area (TPSA) is 23.5 Å². The second kappa shape index (κ2) is 6.25. The predicted molar refractivity (Wildman–Crippen MR) is 64.9 cm³/mol. The van der Waals surface area contributed by atoms with Crippen LogP contribution in [-0.2, 0) is 0 Å². The summed E-state index contributed by atoms with van der Waals surface area (Å²) in [6, 6.07) is 7.23. The summed E-state index contributed by atoms with van der Waals surface area (Å²) in [4.78, 5) is 2.34. The zero-order chi connectivity index (χ0) is 11.1. The molecule has 0 aliphatic carbocycles. The van der Waals surface area contributed by atoms with Crippen LogP contribution in [0.25, 0.3) is 6.08 Å². The van der Waals surface area contributed by atoms with Gasteiger partial charge >= 0.3 is 0 Å². The molecule has 1 rings (SSSR count). The van der Waals surface area contributed by atoms with Gasteiger partial charge in [0.05, 0.1) is 0 Å². The summed E-state index contributed by atoms with van der Waals surface area (Å²) >= 11 is 0. The fraction of sp³-hybridized carbons (Fsp3) is 0.385. The van der Waals surface area contributed by atoms with E-state index >= 15 is 0 Å². The zero-order valence-electron chi connectivity index (χ0n) is 9.48. The molecule has 2 heteroatoms. The van der Waals surface area contributed by atoms with Crippen molar-refractivity contribution < 1.29 is 5.11 Å². The summed E-state index contributed by atoms with van der Waals surface area (Å²) in [6.07, 6.45) is 4.23. The monoisotopic (exact) mass is 205 g/mol. The maximum atomic E-state index is 9.11. The zero-order valence-corrected chi connectivity index (χ0v) is 9.48. The molecule has 0 aliphatic heterocycles. The molecular formula is C13H19NO. The Labute approximate surface area is 91.9 Å². The van der Waals surface area contributed by atoms with Crippen molar-refractivity contribution in [3.63, 3.8) is 0 Å². The fourth-order valence-electron chi connectivity index (χ4n) is 1.41. The van der Waals surface area contributed by atoms with Crippen LogP contribution in [0.2, 0.25) is 0 Å². The lowest BCUT2D eigenvalue weighted by Crippen LogP contribution is -2.22. The molecule has 0 radical (unpaired) electrons. The van der Waals surface area contributed by atoms with Crippen LogP contribution in [0.4, 0.5) is 0 Å². The molecule has 0 aliphatic rings. The first-order chi connectivity index (χ1) is 7.26. The lowest BCUT2D eigenvalue weighted by atomic mass is 10.2. The molecule has 0 unspecified atom stereocenters. The van der Waals surface area contributed by atoms with Gasteiger partial charge < -0.3 is 10.0 Å². The maximum absolute atomic E-state index is 9.11. The molecule has 0 saturated carbocycles. The van der Waals surface area contributed by atoms with Gasteiger partial charge in [0, 0.05) is 6.54 Å². The van der Waals surface area contributed by atoms with E-state index in [9.17, 15) is 0 Å². The summed E-state index contributed by atoms with van der Waals surface area (Å²) in [6.45, 7) is 7.47. The molecule has 0 saturated heterocycles. The van der Waals surface area contributed by atoms with Gasteiger partial charge in [-0.2, -0.15) is 0 Å². The van der Waals surface area contributed by atoms with Crippen molar-refractivity contribution in [1.82, 2.24) is 4.90 Å². The largest absolute Gasteiger partial charge is 0.508 e. The Morgan fingerprint density at radius 3 is 2.27 bits per heavy atom. The summed E-state index contributed by atoms with van der Waals surface area (Å²) in [5.41, 5.74) is 1.12. The van der Waals surface area contributed by atoms with Crippen LogP contribution in [0.3, 0.4) is 0 Å². The number of benzene rings is 1. The summed E-state index contributed by atoms with van der Waals surface area (Å²) in [7, 11) is 0. The standard InChI is InChI=1S/C13H19NO/c1-3-14(4-2)11-5-6-12-7-9-13(15)10-8-12/h5-10,15H,3-4,11H2,1-2H3/b6-5+. The van der Waals surface area contributed by atoms with Crippen molar-refractivity contribution in [2.45, 2.75) is 13.8 Å². The first kappa shape index (κ1) is 11.8. The Hall–Kier alpha value is -1.28. The van der Waals surface area contributed by atoms with E-state index < -0.39 is 0 Å². The number of nitrogens with zero attached hydrogens (tertiary/aromatic N) is 1. The van der Waals surface area contributed by atoms with E-state index in [0.29, 0.717) is 5.75 Å². The van der Waals surface area contributed by atoms with Crippen molar-refractivity contribution in [2.75, 3.05) is 19.6 Å². The third-order valence-corrected chi connectivity index (χ3v) is 2.46. The van der Waals surface area contributed by atoms with E-state index in [0.717, 1.165) is 25.2 Å². The fourth-order valence-corrected chi connectivity index (χ4v) is 1.41. The maximum Gasteiger partial charge on any atom is 0.115 e. The van der Waals surface area contributed by atoms with Crippen LogP contribution in [-0.4, -0.2) is 29.6 Å². The molecule has 1 aromatic rings. The van der Waals surface area contributed by atoms with Crippen molar-refractivity contribution in [2.24, 2.45) is 0 Å². The van der Waals surface area contributed by atoms with E-state index in [1.165, 1.54) is 0 Å². The molecule has 0 aromatic heterocycles. The van der Waals surface area contributed by atoms with Gasteiger partial charge in [-0.05, 0) is 30.8 Å². The molecule has 2 nitrogen and oxygen atoms in total. The molecule has 0 spiro atoms. The minimum atomic E-state index is 0.316. The summed E-state index contributed by atoms with van der Waals surface area (Å²) < 4.78 is 0. The van der Waals surface area contributed by atoms with Gasteiger partial charge in [-0.1, -0.05) is 38.1 Å². The normalized spacial score (nSPS) is 11.4. The van der Waals surface area contributed by atoms with Gasteiger partial charge in [-0.3, -0.25) is 0 Å². The molecule has 1 aromatic carbocycles. The van der Waals surface area contributed by atoms with Crippen LogP contribution in [0.1, 0.15) is 19.4 Å². The third-order valence-electron chi connectivity index (χ3n) is 2.46. The molecule has 15 heavy (non-hydrogen) atoms. The molecule has 1 N–H and O–H groups in total. The van der Waals surface area contributed by atoms with Gasteiger partial charge in [0.25, 0.3) is 0 Å². The molecule has 0 bridgehead atoms. The number of likely N-dealkylation sites (N-methyl/N-ethyl adjacent to an activating group) is 1. The summed E-state index contributed by atoms with van der Waals surface area (Å²) in [5, 5.41) is 9.11. The number of hydrogen-bond donors (Lipinski definition) is 1. The lowest BCUT2D eigenvalue weighted by molar-refractivity contribution is 0.338. The third kappa shape index (κ3) is 4.17. The molecular weight excluding hydrogens is 186 g/mol. The molecule has 0 heterocycles. The van der Waals surface area contributed by atoms with Crippen molar-refractivity contribution >= 4 is 6.08 Å². The van der Waals surface area contributed by atoms with E-state index in [4.69, 9.17) is 5.11 Å². The Balaban J connectivity index is 2.47. The highest BCUT2D eigenvalue weighted by Gasteiger charge is 1.93. The van der Waals surface area contributed by atoms with E-state index in [1.54, 1.807) is 12.1 Å². The van der Waals surface area contributed by atoms with Gasteiger partial charge in [-0.15, -0.1) is 0 Å². The highest BCUT2D eigenvalue weighted by atomic mass is 16.3. The van der Waals surface area contributed by atoms with Gasteiger partial charge in [0.1, 0.15) is 5.75 Å². The predicted octanol–water partition coefficient (Wildman–Crippen LogP) is 2.75. The number of rotatable bonds is 5. The Morgan fingerprint density at radius 1 is 1.13 bits per heavy atom. The Bertz CT molecular complexity index is 299. The van der Waals surface area contributed by atoms with E-state index in [-0.39, 0.29) is 0 Å². The van der Waals surface area contributed by atoms with Gasteiger partial charge in [0.2, 0.25) is 0 Å². The Kier molecular flexibility index (Phi) is 4.91. The SMILES string of the molecule is CCN(CC)C/C=C/c1ccc(O)cc1. The molecule has 0 fully saturated rings. The Morgan fingerprint density at radius 2 is 1.73 bits per heavy atom. The first-order valence-corrected chi connectivity index (χ1v) is 5.44. The van der Waals surface area contributed by atoms with Crippen molar-refractivity contribution in [3.8, 4) is 5.75 Å². The van der Waals surface area contributed by atoms with Gasteiger partial charge in [0.15, 0.2) is 0 Å². The van der Waals surface area contributed by atoms with Crippen molar-refractivity contribution in [1.29, 1.82) is 0 Å². The highest BCUT2D eigenvalue weighted by molar-refractivity contribution is 5.50. The number of aromatic hydroxyl groups is 1. The van der Waals surface area contributed by atoms with Crippen molar-refractivity contribution in [3.05, 3.63) is 35.9 Å². The second-order valence-corrected chi connectivity index (χ2v) is 3.48. The quantitative estimate of drug-likeness (QED) is 0.799. The average molecular weight is 205 g/mol. The molecule has 0 amide bonds. The minimum absolute atomic E-state index is 0.316. The van der Waals surface area contributed by atoms with Crippen LogP contribution in [0.5, 0.6) is 5.75 Å². The van der Waals surface area contributed by atoms with Crippen LogP contribution in [0, 0.1) is 0 Å². The first-order valence-electron chi connectivity index (χ1n) is 5.44. The average Bonchev–Trinajstić information content (AvgIpc) is 2.27. The van der Waals surface area contributed by atoms with E-state index in [2.05, 4.69) is 30.9 Å². The molecule has 0 atom stereocenters. The smallest absolute Gasteiger partial charge is 0.115 e. The lowest BCUT2D eigenvalue weighted by Gasteiger charge is -2.14. The summed E-state index contributed by atoms with van der Waals surface area (Å²) in [5.74, 6) is 0.316. The molecule has 82 valence electrons. The number of phenols is 1. The second-order valence-electron chi connectivity index (χ2n) is 3.48. The van der Waals surface area contributed by atoms with Crippen LogP contribution < -0.4 is 0 Å². The minimum Gasteiger partial charge on any atom is -0.508 e. The van der Waals surface area contributed by atoms with Gasteiger partial charge in [-0.25, -0.2) is 0 Å². The highest BCUT2D eigenvalue weighted by Crippen LogP contribution is 2.10. The van der Waals surface area contributed by atoms with Crippen LogP contribution >= 0.6 is 0 Å². The van der Waals surface area contributed by atoms with Crippen LogP contribution in [0.15, 0.2) is 30.3 Å². The van der Waals surface area contributed by atoms with E-state index in [1.807, 2.05) is 12.1 Å².